The minimum absolute atomic E-state index is 0.510. The van der Waals surface area contributed by atoms with E-state index in [1.807, 2.05) is 42.5 Å². The summed E-state index contributed by atoms with van der Waals surface area (Å²) in [7, 11) is 0. The molecule has 0 saturated carbocycles. The minimum atomic E-state index is -0.510. The van der Waals surface area contributed by atoms with E-state index >= 15 is 0 Å². The van der Waals surface area contributed by atoms with Gasteiger partial charge in [-0.15, -0.1) is 0 Å². The molecule has 0 radical (unpaired) electrons. The second-order valence-corrected chi connectivity index (χ2v) is 7.25. The molecule has 136 valence electrons. The Bertz CT molecular complexity index is 1080. The standard InChI is InChI=1S/C23H21ClN2O/c1-15(27)19-7-2-3-8-20(19)17-10-11-21-22(14-17)26-23(25-21)12-9-16-5-4-6-18(24)13-16/h2-8,10-11,13-15,27H,9,12H2,1H3,(H,25,26). The molecule has 4 aromatic rings. The number of aryl methyl sites for hydroxylation is 2. The summed E-state index contributed by atoms with van der Waals surface area (Å²) >= 11 is 6.06. The molecule has 1 heterocycles. The zero-order valence-corrected chi connectivity index (χ0v) is 15.9. The first-order valence-corrected chi connectivity index (χ1v) is 9.48. The van der Waals surface area contributed by atoms with Crippen molar-refractivity contribution >= 4 is 22.6 Å². The Morgan fingerprint density at radius 3 is 2.67 bits per heavy atom. The first kappa shape index (κ1) is 17.8. The van der Waals surface area contributed by atoms with E-state index in [0.717, 1.165) is 51.4 Å². The molecule has 2 N–H and O–H groups in total. The Hall–Kier alpha value is -2.62. The topological polar surface area (TPSA) is 48.9 Å². The summed E-state index contributed by atoms with van der Waals surface area (Å²) in [5.41, 5.74) is 6.19. The molecule has 0 spiro atoms. The van der Waals surface area contributed by atoms with Crippen molar-refractivity contribution in [3.05, 3.63) is 88.7 Å². The van der Waals surface area contributed by atoms with Crippen molar-refractivity contribution in [3.8, 4) is 11.1 Å². The number of hydrogen-bond acceptors (Lipinski definition) is 2. The summed E-state index contributed by atoms with van der Waals surface area (Å²) < 4.78 is 0. The first-order valence-electron chi connectivity index (χ1n) is 9.10. The van der Waals surface area contributed by atoms with Gasteiger partial charge in [0.15, 0.2) is 0 Å². The zero-order chi connectivity index (χ0) is 18.8. The van der Waals surface area contributed by atoms with E-state index in [-0.39, 0.29) is 0 Å². The maximum absolute atomic E-state index is 10.0. The number of aliphatic hydroxyl groups excluding tert-OH is 1. The predicted molar refractivity (Wildman–Crippen MR) is 111 cm³/mol. The Kier molecular flexibility index (Phi) is 4.97. The number of benzene rings is 3. The van der Waals surface area contributed by atoms with Gasteiger partial charge in [0.1, 0.15) is 5.82 Å². The fourth-order valence-electron chi connectivity index (χ4n) is 3.42. The molecule has 4 rings (SSSR count). The monoisotopic (exact) mass is 376 g/mol. The molecule has 1 atom stereocenters. The lowest BCUT2D eigenvalue weighted by atomic mass is 9.96. The molecule has 3 nitrogen and oxygen atoms in total. The number of aromatic nitrogens is 2. The van der Waals surface area contributed by atoms with Crippen LogP contribution in [0.25, 0.3) is 22.2 Å². The number of aliphatic hydroxyl groups is 1. The van der Waals surface area contributed by atoms with Gasteiger partial charge in [-0.05, 0) is 59.9 Å². The highest BCUT2D eigenvalue weighted by Crippen LogP contribution is 2.30. The lowest BCUT2D eigenvalue weighted by Gasteiger charge is -2.11. The summed E-state index contributed by atoms with van der Waals surface area (Å²) in [6.45, 7) is 1.79. The number of nitrogens with zero attached hydrogens (tertiary/aromatic N) is 1. The minimum Gasteiger partial charge on any atom is -0.389 e. The van der Waals surface area contributed by atoms with Gasteiger partial charge in [-0.2, -0.15) is 0 Å². The maximum atomic E-state index is 10.0. The molecule has 0 aliphatic rings. The second kappa shape index (κ2) is 7.55. The van der Waals surface area contributed by atoms with Gasteiger partial charge in [-0.1, -0.05) is 54.1 Å². The van der Waals surface area contributed by atoms with Crippen LogP contribution in [-0.4, -0.2) is 15.1 Å². The van der Waals surface area contributed by atoms with Gasteiger partial charge in [0, 0.05) is 11.4 Å². The summed E-state index contributed by atoms with van der Waals surface area (Å²) in [6, 6.07) is 22.1. The highest BCUT2D eigenvalue weighted by molar-refractivity contribution is 6.30. The van der Waals surface area contributed by atoms with Gasteiger partial charge >= 0.3 is 0 Å². The average Bonchev–Trinajstić information content (AvgIpc) is 3.08. The van der Waals surface area contributed by atoms with Gasteiger partial charge in [-0.3, -0.25) is 0 Å². The summed E-state index contributed by atoms with van der Waals surface area (Å²) in [4.78, 5) is 8.16. The van der Waals surface area contributed by atoms with Gasteiger partial charge < -0.3 is 10.1 Å². The molecule has 3 aromatic carbocycles. The Balaban J connectivity index is 1.61. The molecule has 0 amide bonds. The van der Waals surface area contributed by atoms with Crippen molar-refractivity contribution in [2.75, 3.05) is 0 Å². The lowest BCUT2D eigenvalue weighted by Crippen LogP contribution is -1.94. The van der Waals surface area contributed by atoms with Crippen molar-refractivity contribution in [3.63, 3.8) is 0 Å². The highest BCUT2D eigenvalue weighted by atomic mass is 35.5. The summed E-state index contributed by atoms with van der Waals surface area (Å²) in [6.07, 6.45) is 1.21. The molecular weight excluding hydrogens is 356 g/mol. The molecule has 4 heteroatoms. The van der Waals surface area contributed by atoms with E-state index in [1.54, 1.807) is 6.92 Å². The van der Waals surface area contributed by atoms with Crippen LogP contribution in [-0.2, 0) is 12.8 Å². The summed E-state index contributed by atoms with van der Waals surface area (Å²) in [5, 5.41) is 10.8. The Morgan fingerprint density at radius 2 is 1.85 bits per heavy atom. The Labute approximate surface area is 163 Å². The van der Waals surface area contributed by atoms with E-state index in [1.165, 1.54) is 5.56 Å². The zero-order valence-electron chi connectivity index (χ0n) is 15.1. The van der Waals surface area contributed by atoms with Gasteiger partial charge in [-0.25, -0.2) is 4.98 Å². The number of halogens is 1. The molecule has 0 aliphatic heterocycles. The van der Waals surface area contributed by atoms with Crippen LogP contribution in [0, 0.1) is 0 Å². The average molecular weight is 377 g/mol. The third kappa shape index (κ3) is 3.90. The highest BCUT2D eigenvalue weighted by Gasteiger charge is 2.11. The fraction of sp³-hybridized carbons (Fsp3) is 0.174. The molecular formula is C23H21ClN2O. The van der Waals surface area contributed by atoms with Crippen molar-refractivity contribution in [1.82, 2.24) is 9.97 Å². The third-order valence-corrected chi connectivity index (χ3v) is 5.03. The fourth-order valence-corrected chi connectivity index (χ4v) is 3.64. The first-order chi connectivity index (χ1) is 13.1. The van der Waals surface area contributed by atoms with E-state index in [0.29, 0.717) is 0 Å². The SMILES string of the molecule is CC(O)c1ccccc1-c1ccc2[nH]c(CCc3cccc(Cl)c3)nc2c1. The van der Waals surface area contributed by atoms with Crippen LogP contribution in [0.3, 0.4) is 0 Å². The van der Waals surface area contributed by atoms with Crippen LogP contribution < -0.4 is 0 Å². The third-order valence-electron chi connectivity index (χ3n) is 4.79. The van der Waals surface area contributed by atoms with Gasteiger partial charge in [0.05, 0.1) is 17.1 Å². The number of hydrogen-bond donors (Lipinski definition) is 2. The smallest absolute Gasteiger partial charge is 0.107 e. The van der Waals surface area contributed by atoms with Crippen molar-refractivity contribution < 1.29 is 5.11 Å². The molecule has 0 aliphatic carbocycles. The quantitative estimate of drug-likeness (QED) is 0.467. The molecule has 0 fully saturated rings. The second-order valence-electron chi connectivity index (χ2n) is 6.81. The van der Waals surface area contributed by atoms with Crippen molar-refractivity contribution in [2.45, 2.75) is 25.9 Å². The normalized spacial score (nSPS) is 12.4. The van der Waals surface area contributed by atoms with Gasteiger partial charge in [0.2, 0.25) is 0 Å². The van der Waals surface area contributed by atoms with Gasteiger partial charge in [0.25, 0.3) is 0 Å². The molecule has 1 unspecified atom stereocenters. The summed E-state index contributed by atoms with van der Waals surface area (Å²) in [5.74, 6) is 0.964. The molecule has 27 heavy (non-hydrogen) atoms. The van der Waals surface area contributed by atoms with E-state index < -0.39 is 6.10 Å². The van der Waals surface area contributed by atoms with E-state index in [4.69, 9.17) is 16.6 Å². The van der Waals surface area contributed by atoms with Crippen LogP contribution in [0.15, 0.2) is 66.7 Å². The molecule has 0 saturated heterocycles. The van der Waals surface area contributed by atoms with Crippen molar-refractivity contribution in [1.29, 1.82) is 0 Å². The number of rotatable bonds is 5. The number of aromatic amines is 1. The number of nitrogens with one attached hydrogen (secondary N) is 1. The number of imidazole rings is 1. The maximum Gasteiger partial charge on any atom is 0.107 e. The number of H-pyrrole nitrogens is 1. The number of fused-ring (bicyclic) bond motifs is 1. The Morgan fingerprint density at radius 1 is 1.00 bits per heavy atom. The van der Waals surface area contributed by atoms with Crippen molar-refractivity contribution in [2.24, 2.45) is 0 Å². The molecule has 1 aromatic heterocycles. The van der Waals surface area contributed by atoms with E-state index in [9.17, 15) is 5.11 Å². The van der Waals surface area contributed by atoms with E-state index in [2.05, 4.69) is 29.2 Å². The lowest BCUT2D eigenvalue weighted by molar-refractivity contribution is 0.200. The van der Waals surface area contributed by atoms with Crippen LogP contribution in [0.4, 0.5) is 0 Å². The van der Waals surface area contributed by atoms with Crippen LogP contribution in [0.2, 0.25) is 5.02 Å². The largest absolute Gasteiger partial charge is 0.389 e. The van der Waals surface area contributed by atoms with Crippen LogP contribution in [0.1, 0.15) is 30.0 Å². The van der Waals surface area contributed by atoms with Crippen LogP contribution >= 0.6 is 11.6 Å². The predicted octanol–water partition coefficient (Wildman–Crippen LogP) is 5.72. The van der Waals surface area contributed by atoms with Crippen LogP contribution in [0.5, 0.6) is 0 Å². The molecule has 0 bridgehead atoms.